The van der Waals surface area contributed by atoms with Crippen LogP contribution in [0.2, 0.25) is 0 Å². The second-order valence-corrected chi connectivity index (χ2v) is 6.22. The first kappa shape index (κ1) is 18.0. The Morgan fingerprint density at radius 2 is 1.88 bits per heavy atom. The van der Waals surface area contributed by atoms with E-state index in [1.54, 1.807) is 37.0 Å². The third-order valence-corrected chi connectivity index (χ3v) is 3.97. The molecule has 6 heteroatoms. The van der Waals surface area contributed by atoms with Crippen LogP contribution in [-0.4, -0.2) is 36.6 Å². The number of thioether (sulfide) groups is 1. The Morgan fingerprint density at radius 3 is 2.50 bits per heavy atom. The Morgan fingerprint density at radius 1 is 1.17 bits per heavy atom. The van der Waals surface area contributed by atoms with Gasteiger partial charge in [-0.2, -0.15) is 11.8 Å². The first-order valence-corrected chi connectivity index (χ1v) is 8.77. The maximum Gasteiger partial charge on any atom is 0.254 e. The lowest BCUT2D eigenvalue weighted by molar-refractivity contribution is -0.116. The lowest BCUT2D eigenvalue weighted by Gasteiger charge is -2.17. The summed E-state index contributed by atoms with van der Waals surface area (Å²) in [5.74, 6) is -0.154. The number of likely N-dealkylation sites (N-methyl/N-ethyl adjacent to an activating group) is 1. The van der Waals surface area contributed by atoms with Crippen molar-refractivity contribution in [3.8, 4) is 0 Å². The number of nitrogens with zero attached hydrogens (tertiary/aromatic N) is 1. The number of benzene rings is 2. The van der Waals surface area contributed by atoms with Crippen molar-refractivity contribution in [1.82, 2.24) is 4.90 Å². The molecule has 0 heterocycles. The average molecular weight is 346 g/mol. The van der Waals surface area contributed by atoms with Gasteiger partial charge in [-0.1, -0.05) is 18.2 Å². The molecule has 0 fully saturated rings. The largest absolute Gasteiger partial charge is 0.332 e. The number of hydrogen-bond acceptors (Lipinski definition) is 3. The smallest absolute Gasteiger partial charge is 0.254 e. The summed E-state index contributed by atoms with van der Waals surface area (Å²) in [5, 5.41) is 2.57. The van der Waals surface area contributed by atoms with E-state index < -0.39 is 5.82 Å². The monoisotopic (exact) mass is 346 g/mol. The molecule has 2 amide bonds. The van der Waals surface area contributed by atoms with Crippen molar-refractivity contribution in [3.05, 3.63) is 65.5 Å². The molecule has 24 heavy (non-hydrogen) atoms. The molecule has 2 rings (SSSR count). The zero-order valence-electron chi connectivity index (χ0n) is 13.6. The van der Waals surface area contributed by atoms with Crippen LogP contribution >= 0.6 is 11.8 Å². The highest BCUT2D eigenvalue weighted by Crippen LogP contribution is 2.12. The van der Waals surface area contributed by atoms with Gasteiger partial charge in [0.05, 0.1) is 6.54 Å². The number of anilines is 1. The summed E-state index contributed by atoms with van der Waals surface area (Å²) in [6, 6.07) is 13.0. The van der Waals surface area contributed by atoms with Crippen LogP contribution < -0.4 is 5.32 Å². The maximum atomic E-state index is 13.1. The van der Waals surface area contributed by atoms with Gasteiger partial charge >= 0.3 is 0 Å². The standard InChI is InChI=1S/C18H19FN2O2S/c1-21(11-17(22)20-16-5-3-4-15(19)10-16)18(23)14-8-6-13(7-9-14)12-24-2/h3-10H,11-12H2,1-2H3,(H,20,22). The topological polar surface area (TPSA) is 49.4 Å². The Bertz CT molecular complexity index is 719. The Kier molecular flexibility index (Phi) is 6.37. The summed E-state index contributed by atoms with van der Waals surface area (Å²) in [7, 11) is 1.56. The number of halogens is 1. The SMILES string of the molecule is CSCc1ccc(C(=O)N(C)CC(=O)Nc2cccc(F)c2)cc1. The van der Waals surface area contributed by atoms with E-state index in [9.17, 15) is 14.0 Å². The molecule has 4 nitrogen and oxygen atoms in total. The molecule has 0 aliphatic carbocycles. The molecular weight excluding hydrogens is 327 g/mol. The quantitative estimate of drug-likeness (QED) is 0.872. The van der Waals surface area contributed by atoms with E-state index in [1.165, 1.54) is 23.1 Å². The number of nitrogens with one attached hydrogen (secondary N) is 1. The molecule has 0 aliphatic heterocycles. The fraction of sp³-hybridized carbons (Fsp3) is 0.222. The highest BCUT2D eigenvalue weighted by atomic mass is 32.2. The van der Waals surface area contributed by atoms with Crippen LogP contribution in [0.5, 0.6) is 0 Å². The van der Waals surface area contributed by atoms with Gasteiger partial charge in [-0.15, -0.1) is 0 Å². The predicted octanol–water partition coefficient (Wildman–Crippen LogP) is 3.40. The molecule has 2 aromatic rings. The van der Waals surface area contributed by atoms with Crippen molar-refractivity contribution in [2.24, 2.45) is 0 Å². The fourth-order valence-electron chi connectivity index (χ4n) is 2.18. The van der Waals surface area contributed by atoms with E-state index in [4.69, 9.17) is 0 Å². The second kappa shape index (κ2) is 8.49. The van der Waals surface area contributed by atoms with Crippen molar-refractivity contribution < 1.29 is 14.0 Å². The van der Waals surface area contributed by atoms with Crippen LogP contribution in [-0.2, 0) is 10.5 Å². The summed E-state index contributed by atoms with van der Waals surface area (Å²) < 4.78 is 13.1. The van der Waals surface area contributed by atoms with Crippen molar-refractivity contribution in [2.45, 2.75) is 5.75 Å². The molecule has 0 spiro atoms. The van der Waals surface area contributed by atoms with E-state index in [-0.39, 0.29) is 18.4 Å². The lowest BCUT2D eigenvalue weighted by atomic mass is 10.1. The Labute approximate surface area is 145 Å². The van der Waals surface area contributed by atoms with Gasteiger partial charge in [0.2, 0.25) is 5.91 Å². The molecule has 0 saturated carbocycles. The van der Waals surface area contributed by atoms with E-state index in [0.717, 1.165) is 11.3 Å². The lowest BCUT2D eigenvalue weighted by Crippen LogP contribution is -2.34. The minimum absolute atomic E-state index is 0.109. The summed E-state index contributed by atoms with van der Waals surface area (Å²) >= 11 is 1.71. The summed E-state index contributed by atoms with van der Waals surface area (Å²) in [6.07, 6.45) is 2.02. The molecule has 0 unspecified atom stereocenters. The van der Waals surface area contributed by atoms with Gasteiger partial charge in [0, 0.05) is 24.1 Å². The van der Waals surface area contributed by atoms with Gasteiger partial charge in [-0.05, 0) is 42.2 Å². The predicted molar refractivity (Wildman–Crippen MR) is 95.7 cm³/mol. The van der Waals surface area contributed by atoms with Gasteiger partial charge in [-0.25, -0.2) is 4.39 Å². The zero-order valence-corrected chi connectivity index (χ0v) is 14.4. The van der Waals surface area contributed by atoms with Crippen molar-refractivity contribution in [2.75, 3.05) is 25.2 Å². The number of hydrogen-bond donors (Lipinski definition) is 1. The molecule has 0 aliphatic rings. The highest BCUT2D eigenvalue weighted by Gasteiger charge is 2.15. The van der Waals surface area contributed by atoms with E-state index >= 15 is 0 Å². The zero-order chi connectivity index (χ0) is 17.5. The van der Waals surface area contributed by atoms with E-state index in [0.29, 0.717) is 11.3 Å². The average Bonchev–Trinajstić information content (AvgIpc) is 2.55. The minimum atomic E-state index is -0.428. The molecule has 0 aromatic heterocycles. The molecule has 0 bridgehead atoms. The number of carbonyl (C=O) groups is 2. The van der Waals surface area contributed by atoms with Gasteiger partial charge in [-0.3, -0.25) is 9.59 Å². The third kappa shape index (κ3) is 5.09. The number of rotatable bonds is 6. The number of carbonyl (C=O) groups excluding carboxylic acids is 2. The van der Waals surface area contributed by atoms with Crippen LogP contribution in [0.4, 0.5) is 10.1 Å². The minimum Gasteiger partial charge on any atom is -0.332 e. The molecular formula is C18H19FN2O2S. The Hall–Kier alpha value is -2.34. The maximum absolute atomic E-state index is 13.1. The van der Waals surface area contributed by atoms with E-state index in [1.807, 2.05) is 18.4 Å². The third-order valence-electron chi connectivity index (χ3n) is 3.35. The summed E-state index contributed by atoms with van der Waals surface area (Å²) in [5.41, 5.74) is 2.04. The molecule has 0 radical (unpaired) electrons. The molecule has 1 N–H and O–H groups in total. The van der Waals surface area contributed by atoms with Gasteiger partial charge in [0.25, 0.3) is 5.91 Å². The van der Waals surface area contributed by atoms with Crippen molar-refractivity contribution in [3.63, 3.8) is 0 Å². The summed E-state index contributed by atoms with van der Waals surface area (Å²) in [6.45, 7) is -0.109. The first-order valence-electron chi connectivity index (χ1n) is 7.38. The molecule has 0 atom stereocenters. The number of amides is 2. The first-order chi connectivity index (χ1) is 11.5. The van der Waals surface area contributed by atoms with Crippen molar-refractivity contribution >= 4 is 29.3 Å². The van der Waals surface area contributed by atoms with Crippen LogP contribution in [0.25, 0.3) is 0 Å². The normalized spacial score (nSPS) is 10.3. The summed E-state index contributed by atoms with van der Waals surface area (Å²) in [4.78, 5) is 25.6. The highest BCUT2D eigenvalue weighted by molar-refractivity contribution is 7.97. The van der Waals surface area contributed by atoms with Crippen molar-refractivity contribution in [1.29, 1.82) is 0 Å². The van der Waals surface area contributed by atoms with E-state index in [2.05, 4.69) is 5.32 Å². The van der Waals surface area contributed by atoms with Crippen LogP contribution in [0.15, 0.2) is 48.5 Å². The molecule has 0 saturated heterocycles. The second-order valence-electron chi connectivity index (χ2n) is 5.35. The molecule has 126 valence electrons. The van der Waals surface area contributed by atoms with Gasteiger partial charge in [0.1, 0.15) is 5.82 Å². The van der Waals surface area contributed by atoms with Gasteiger partial charge in [0.15, 0.2) is 0 Å². The fourth-order valence-corrected chi connectivity index (χ4v) is 2.71. The Balaban J connectivity index is 1.94. The van der Waals surface area contributed by atoms with Crippen LogP contribution in [0.1, 0.15) is 15.9 Å². The molecule has 2 aromatic carbocycles. The van der Waals surface area contributed by atoms with Gasteiger partial charge < -0.3 is 10.2 Å². The van der Waals surface area contributed by atoms with Crippen LogP contribution in [0, 0.1) is 5.82 Å². The van der Waals surface area contributed by atoms with Crippen LogP contribution in [0.3, 0.4) is 0 Å².